The number of hydrogen-bond donors (Lipinski definition) is 1. The summed E-state index contributed by atoms with van der Waals surface area (Å²) in [7, 11) is 1.41. The average Bonchev–Trinajstić information content (AvgIpc) is 2.81. The highest BCUT2D eigenvalue weighted by Crippen LogP contribution is 2.29. The van der Waals surface area contributed by atoms with Crippen molar-refractivity contribution in [1.29, 1.82) is 0 Å². The molecule has 1 fully saturated rings. The van der Waals surface area contributed by atoms with Gasteiger partial charge >= 0.3 is 6.03 Å². The van der Waals surface area contributed by atoms with Crippen LogP contribution in [0.15, 0.2) is 42.5 Å². The lowest BCUT2D eigenvalue weighted by Crippen LogP contribution is -2.49. The van der Waals surface area contributed by atoms with Crippen molar-refractivity contribution in [3.63, 3.8) is 0 Å². The third-order valence-electron chi connectivity index (χ3n) is 5.39. The summed E-state index contributed by atoms with van der Waals surface area (Å²) >= 11 is 0. The fourth-order valence-corrected chi connectivity index (χ4v) is 3.48. The van der Waals surface area contributed by atoms with Gasteiger partial charge in [0.1, 0.15) is 11.5 Å². The minimum Gasteiger partial charge on any atom is -0.494 e. The first-order valence-electron chi connectivity index (χ1n) is 10.8. The zero-order valence-corrected chi connectivity index (χ0v) is 18.6. The normalized spacial score (nSPS) is 14.1. The second-order valence-electron chi connectivity index (χ2n) is 7.68. The Morgan fingerprint density at radius 3 is 2.47 bits per heavy atom. The van der Waals surface area contributed by atoms with Crippen LogP contribution in [0.3, 0.4) is 0 Å². The molecule has 0 unspecified atom stereocenters. The number of ether oxygens (including phenoxy) is 2. The van der Waals surface area contributed by atoms with Crippen molar-refractivity contribution in [1.82, 2.24) is 9.80 Å². The molecule has 0 aromatic heterocycles. The van der Waals surface area contributed by atoms with Gasteiger partial charge in [-0.3, -0.25) is 15.0 Å². The first-order chi connectivity index (χ1) is 15.5. The minimum absolute atomic E-state index is 0.0889. The van der Waals surface area contributed by atoms with Crippen LogP contribution in [-0.4, -0.2) is 60.6 Å². The molecular weight excluding hydrogens is 412 g/mol. The Hall–Kier alpha value is -3.33. The molecule has 1 N–H and O–H groups in total. The number of hydrogen-bond acceptors (Lipinski definition) is 6. The van der Waals surface area contributed by atoms with Crippen LogP contribution in [0, 0.1) is 10.1 Å². The van der Waals surface area contributed by atoms with Gasteiger partial charge < -0.3 is 19.7 Å². The predicted octanol–water partition coefficient (Wildman–Crippen LogP) is 4.13. The quantitative estimate of drug-likeness (QED) is 0.356. The number of nitro benzene ring substituents is 1. The molecule has 2 amide bonds. The van der Waals surface area contributed by atoms with E-state index in [2.05, 4.69) is 29.3 Å². The highest BCUT2D eigenvalue weighted by Gasteiger charge is 2.22. The second kappa shape index (κ2) is 11.3. The van der Waals surface area contributed by atoms with Gasteiger partial charge in [0.05, 0.1) is 30.4 Å². The lowest BCUT2D eigenvalue weighted by molar-refractivity contribution is -0.384. The summed E-state index contributed by atoms with van der Waals surface area (Å²) in [6.45, 7) is 6.42. The van der Waals surface area contributed by atoms with E-state index in [4.69, 9.17) is 9.47 Å². The Bertz CT molecular complexity index is 911. The smallest absolute Gasteiger partial charge is 0.322 e. The zero-order chi connectivity index (χ0) is 22.9. The van der Waals surface area contributed by atoms with Crippen LogP contribution in [0.5, 0.6) is 11.5 Å². The number of non-ortho nitro benzene ring substituents is 1. The van der Waals surface area contributed by atoms with Crippen LogP contribution < -0.4 is 14.8 Å². The van der Waals surface area contributed by atoms with E-state index in [9.17, 15) is 14.9 Å². The molecule has 0 bridgehead atoms. The van der Waals surface area contributed by atoms with Gasteiger partial charge in [0.2, 0.25) is 0 Å². The number of nitrogens with zero attached hydrogens (tertiary/aromatic N) is 3. The molecule has 0 atom stereocenters. The molecule has 2 aromatic carbocycles. The molecule has 0 radical (unpaired) electrons. The molecule has 0 aliphatic carbocycles. The highest BCUT2D eigenvalue weighted by atomic mass is 16.6. The maximum atomic E-state index is 12.7. The van der Waals surface area contributed by atoms with Crippen molar-refractivity contribution < 1.29 is 19.2 Å². The van der Waals surface area contributed by atoms with Crippen LogP contribution in [-0.2, 0) is 6.54 Å². The zero-order valence-electron chi connectivity index (χ0n) is 18.6. The molecule has 0 spiro atoms. The number of urea groups is 1. The van der Waals surface area contributed by atoms with Crippen molar-refractivity contribution in [2.24, 2.45) is 0 Å². The Morgan fingerprint density at radius 1 is 1.12 bits per heavy atom. The SMILES string of the molecule is CCCCOc1ccc(CN2CCN(C(=O)Nc3ccc([N+](=O)[O-])cc3OC)CC2)cc1. The van der Waals surface area contributed by atoms with E-state index in [0.29, 0.717) is 18.8 Å². The van der Waals surface area contributed by atoms with Gasteiger partial charge in [0.25, 0.3) is 5.69 Å². The van der Waals surface area contributed by atoms with Gasteiger partial charge in [-0.2, -0.15) is 0 Å². The third kappa shape index (κ3) is 6.34. The molecule has 9 nitrogen and oxygen atoms in total. The number of rotatable bonds is 9. The molecule has 172 valence electrons. The fraction of sp³-hybridized carbons (Fsp3) is 0.435. The number of amides is 2. The number of methoxy groups -OCH3 is 1. The van der Waals surface area contributed by atoms with Gasteiger partial charge in [-0.05, 0) is 30.2 Å². The first kappa shape index (κ1) is 23.3. The van der Waals surface area contributed by atoms with E-state index < -0.39 is 4.92 Å². The summed E-state index contributed by atoms with van der Waals surface area (Å²) in [6.07, 6.45) is 2.17. The minimum atomic E-state index is -0.500. The molecule has 1 aliphatic heterocycles. The lowest BCUT2D eigenvalue weighted by atomic mass is 10.2. The summed E-state index contributed by atoms with van der Waals surface area (Å²) in [5.41, 5.74) is 1.53. The summed E-state index contributed by atoms with van der Waals surface area (Å²) in [4.78, 5) is 27.1. The van der Waals surface area contributed by atoms with E-state index in [0.717, 1.165) is 44.8 Å². The van der Waals surface area contributed by atoms with Crippen molar-refractivity contribution in [3.8, 4) is 11.5 Å². The van der Waals surface area contributed by atoms with Crippen molar-refractivity contribution in [2.45, 2.75) is 26.3 Å². The summed E-state index contributed by atoms with van der Waals surface area (Å²) in [5, 5.41) is 13.7. The Labute approximate surface area is 188 Å². The molecule has 1 aliphatic rings. The van der Waals surface area contributed by atoms with Gasteiger partial charge in [0, 0.05) is 38.8 Å². The topological polar surface area (TPSA) is 97.2 Å². The van der Waals surface area contributed by atoms with Crippen molar-refractivity contribution >= 4 is 17.4 Å². The van der Waals surface area contributed by atoms with Crippen molar-refractivity contribution in [3.05, 3.63) is 58.1 Å². The molecule has 2 aromatic rings. The van der Waals surface area contributed by atoms with E-state index >= 15 is 0 Å². The van der Waals surface area contributed by atoms with Gasteiger partial charge in [-0.15, -0.1) is 0 Å². The lowest BCUT2D eigenvalue weighted by Gasteiger charge is -2.34. The van der Waals surface area contributed by atoms with Crippen LogP contribution in [0.2, 0.25) is 0 Å². The largest absolute Gasteiger partial charge is 0.494 e. The molecule has 3 rings (SSSR count). The highest BCUT2D eigenvalue weighted by molar-refractivity contribution is 5.91. The molecular formula is C23H30N4O5. The van der Waals surface area contributed by atoms with Crippen LogP contribution in [0.25, 0.3) is 0 Å². The standard InChI is InChI=1S/C23H30N4O5/c1-3-4-15-32-20-8-5-18(6-9-20)17-25-11-13-26(14-12-25)23(28)24-21-10-7-19(27(29)30)16-22(21)31-2/h5-10,16H,3-4,11-15,17H2,1-2H3,(H,24,28). The third-order valence-corrected chi connectivity index (χ3v) is 5.39. The molecule has 32 heavy (non-hydrogen) atoms. The van der Waals surface area contributed by atoms with Crippen LogP contribution in [0.4, 0.5) is 16.2 Å². The average molecular weight is 443 g/mol. The molecule has 0 saturated carbocycles. The number of benzene rings is 2. The van der Waals surface area contributed by atoms with Gasteiger partial charge in [-0.25, -0.2) is 4.79 Å². The number of anilines is 1. The summed E-state index contributed by atoms with van der Waals surface area (Å²) < 4.78 is 10.9. The Balaban J connectivity index is 1.48. The number of piperazine rings is 1. The van der Waals surface area contributed by atoms with Crippen molar-refractivity contribution in [2.75, 3.05) is 45.2 Å². The molecule has 9 heteroatoms. The number of nitro groups is 1. The van der Waals surface area contributed by atoms with Crippen LogP contribution in [0.1, 0.15) is 25.3 Å². The van der Waals surface area contributed by atoms with E-state index in [1.807, 2.05) is 12.1 Å². The Morgan fingerprint density at radius 2 is 1.84 bits per heavy atom. The van der Waals surface area contributed by atoms with E-state index in [-0.39, 0.29) is 17.5 Å². The maximum Gasteiger partial charge on any atom is 0.322 e. The maximum absolute atomic E-state index is 12.7. The van der Waals surface area contributed by atoms with E-state index in [1.165, 1.54) is 30.9 Å². The summed E-state index contributed by atoms with van der Waals surface area (Å²) in [5.74, 6) is 1.15. The second-order valence-corrected chi connectivity index (χ2v) is 7.68. The first-order valence-corrected chi connectivity index (χ1v) is 10.8. The van der Waals surface area contributed by atoms with Crippen LogP contribution >= 0.6 is 0 Å². The molecule has 1 saturated heterocycles. The Kier molecular flexibility index (Phi) is 8.27. The monoisotopic (exact) mass is 442 g/mol. The molecule has 1 heterocycles. The van der Waals surface area contributed by atoms with Gasteiger partial charge in [-0.1, -0.05) is 25.5 Å². The summed E-state index contributed by atoms with van der Waals surface area (Å²) in [6, 6.07) is 12.1. The predicted molar refractivity (Wildman–Crippen MR) is 122 cm³/mol. The number of carbonyl (C=O) groups is 1. The number of nitrogens with one attached hydrogen (secondary N) is 1. The van der Waals surface area contributed by atoms with E-state index in [1.54, 1.807) is 4.90 Å². The van der Waals surface area contributed by atoms with Gasteiger partial charge in [0.15, 0.2) is 0 Å². The number of unbranched alkanes of at least 4 members (excludes halogenated alkanes) is 1. The fourth-order valence-electron chi connectivity index (χ4n) is 3.48. The number of carbonyl (C=O) groups excluding carboxylic acids is 1.